The molecule has 0 aliphatic heterocycles. The number of amides is 2. The molecular weight excluding hydrogens is 478 g/mol. The minimum atomic E-state index is -3.55. The van der Waals surface area contributed by atoms with Crippen LogP contribution in [0, 0.1) is 5.92 Å². The van der Waals surface area contributed by atoms with Crippen molar-refractivity contribution in [2.45, 2.75) is 52.6 Å². The van der Waals surface area contributed by atoms with Crippen LogP contribution in [0.2, 0.25) is 0 Å². The standard InChI is InChI=1S/C27H39N3O5S/c1-6-25(27(32)28-19-21(2)3)29(20-22-11-8-7-9-12-22)26(31)13-10-18-30(36(5,33)34)23-14-16-24(35-4)17-15-23/h7-9,11-12,14-17,21,25H,6,10,13,18-20H2,1-5H3,(H,28,32)/t25-/m1/s1. The largest absolute Gasteiger partial charge is 0.497 e. The number of rotatable bonds is 14. The molecule has 9 heteroatoms. The second-order valence-electron chi connectivity index (χ2n) is 9.21. The first-order valence-electron chi connectivity index (χ1n) is 12.3. The fourth-order valence-electron chi connectivity index (χ4n) is 3.87. The lowest BCUT2D eigenvalue weighted by Crippen LogP contribution is -2.49. The number of hydrogen-bond donors (Lipinski definition) is 1. The summed E-state index contributed by atoms with van der Waals surface area (Å²) < 4.78 is 31.3. The number of hydrogen-bond acceptors (Lipinski definition) is 5. The van der Waals surface area contributed by atoms with Crippen molar-refractivity contribution in [2.75, 3.05) is 30.8 Å². The Bertz CT molecular complexity index is 1070. The van der Waals surface area contributed by atoms with E-state index in [9.17, 15) is 18.0 Å². The van der Waals surface area contributed by atoms with Crippen LogP contribution < -0.4 is 14.4 Å². The zero-order valence-electron chi connectivity index (χ0n) is 21.9. The van der Waals surface area contributed by atoms with Gasteiger partial charge in [0.25, 0.3) is 0 Å². The summed E-state index contributed by atoms with van der Waals surface area (Å²) in [5.74, 6) is 0.560. The molecule has 0 saturated heterocycles. The van der Waals surface area contributed by atoms with E-state index in [1.165, 1.54) is 4.31 Å². The summed E-state index contributed by atoms with van der Waals surface area (Å²) in [5.41, 5.74) is 1.43. The Balaban J connectivity index is 2.17. The van der Waals surface area contributed by atoms with Gasteiger partial charge in [-0.15, -0.1) is 0 Å². The zero-order chi connectivity index (χ0) is 26.7. The maximum absolute atomic E-state index is 13.4. The Morgan fingerprint density at radius 3 is 2.19 bits per heavy atom. The fourth-order valence-corrected chi connectivity index (χ4v) is 4.84. The number of ether oxygens (including phenoxy) is 1. The summed E-state index contributed by atoms with van der Waals surface area (Å²) in [5, 5.41) is 2.95. The number of benzene rings is 2. The average Bonchev–Trinajstić information content (AvgIpc) is 2.85. The Kier molecular flexibility index (Phi) is 11.2. The van der Waals surface area contributed by atoms with Crippen LogP contribution in [0.15, 0.2) is 54.6 Å². The van der Waals surface area contributed by atoms with Crippen molar-refractivity contribution in [3.63, 3.8) is 0 Å². The number of nitrogens with one attached hydrogen (secondary N) is 1. The van der Waals surface area contributed by atoms with Crippen LogP contribution in [0.3, 0.4) is 0 Å². The van der Waals surface area contributed by atoms with Crippen molar-refractivity contribution >= 4 is 27.5 Å². The normalized spacial score (nSPS) is 12.2. The van der Waals surface area contributed by atoms with Gasteiger partial charge >= 0.3 is 0 Å². The first kappa shape index (κ1) is 29.2. The van der Waals surface area contributed by atoms with Crippen LogP contribution in [0.25, 0.3) is 0 Å². The van der Waals surface area contributed by atoms with E-state index < -0.39 is 16.1 Å². The van der Waals surface area contributed by atoms with Crippen LogP contribution in [0.4, 0.5) is 5.69 Å². The van der Waals surface area contributed by atoms with Gasteiger partial charge in [0.05, 0.1) is 19.1 Å². The van der Waals surface area contributed by atoms with E-state index in [2.05, 4.69) is 5.32 Å². The fraction of sp³-hybridized carbons (Fsp3) is 0.481. The molecule has 2 amide bonds. The quantitative estimate of drug-likeness (QED) is 0.411. The number of methoxy groups -OCH3 is 1. The number of anilines is 1. The molecule has 2 rings (SSSR count). The molecule has 0 aliphatic rings. The summed E-state index contributed by atoms with van der Waals surface area (Å²) in [6.45, 7) is 6.91. The van der Waals surface area contributed by atoms with Gasteiger partial charge in [-0.25, -0.2) is 8.42 Å². The predicted molar refractivity (Wildman–Crippen MR) is 143 cm³/mol. The van der Waals surface area contributed by atoms with E-state index in [1.807, 2.05) is 51.1 Å². The monoisotopic (exact) mass is 517 g/mol. The number of carbonyl (C=O) groups excluding carboxylic acids is 2. The smallest absolute Gasteiger partial charge is 0.242 e. The first-order chi connectivity index (χ1) is 17.1. The van der Waals surface area contributed by atoms with Gasteiger partial charge in [0, 0.05) is 26.1 Å². The molecule has 0 aliphatic carbocycles. The molecule has 1 atom stereocenters. The van der Waals surface area contributed by atoms with Crippen LogP contribution in [-0.4, -0.2) is 57.6 Å². The highest BCUT2D eigenvalue weighted by atomic mass is 32.2. The molecule has 8 nitrogen and oxygen atoms in total. The third-order valence-electron chi connectivity index (χ3n) is 5.78. The number of nitrogens with zero attached hydrogens (tertiary/aromatic N) is 2. The molecule has 0 unspecified atom stereocenters. The number of carbonyl (C=O) groups is 2. The Morgan fingerprint density at radius 1 is 1.03 bits per heavy atom. The highest BCUT2D eigenvalue weighted by Crippen LogP contribution is 2.22. The van der Waals surface area contributed by atoms with E-state index in [0.29, 0.717) is 43.3 Å². The number of sulfonamides is 1. The van der Waals surface area contributed by atoms with E-state index in [1.54, 1.807) is 36.3 Å². The lowest BCUT2D eigenvalue weighted by Gasteiger charge is -2.31. The molecule has 1 N–H and O–H groups in total. The predicted octanol–water partition coefficient (Wildman–Crippen LogP) is 3.82. The van der Waals surface area contributed by atoms with Crippen LogP contribution in [0.1, 0.15) is 45.6 Å². The van der Waals surface area contributed by atoms with Crippen molar-refractivity contribution in [1.29, 1.82) is 0 Å². The SMILES string of the molecule is CC[C@H](C(=O)NCC(C)C)N(Cc1ccccc1)C(=O)CCCN(c1ccc(OC)cc1)S(C)(=O)=O. The molecule has 0 aromatic heterocycles. The second kappa shape index (κ2) is 13.9. The minimum Gasteiger partial charge on any atom is -0.497 e. The van der Waals surface area contributed by atoms with Gasteiger partial charge in [0.15, 0.2) is 0 Å². The van der Waals surface area contributed by atoms with Gasteiger partial charge in [0.1, 0.15) is 11.8 Å². The summed E-state index contributed by atoms with van der Waals surface area (Å²) in [4.78, 5) is 28.0. The van der Waals surface area contributed by atoms with Crippen molar-refractivity contribution in [3.8, 4) is 5.75 Å². The van der Waals surface area contributed by atoms with Crippen molar-refractivity contribution < 1.29 is 22.7 Å². The summed E-state index contributed by atoms with van der Waals surface area (Å²) in [6.07, 6.45) is 2.05. The highest BCUT2D eigenvalue weighted by molar-refractivity contribution is 7.92. The Labute approximate surface area is 215 Å². The van der Waals surface area contributed by atoms with E-state index in [4.69, 9.17) is 4.74 Å². The molecule has 36 heavy (non-hydrogen) atoms. The van der Waals surface area contributed by atoms with Crippen LogP contribution in [0.5, 0.6) is 5.75 Å². The third kappa shape index (κ3) is 8.86. The Morgan fingerprint density at radius 2 is 1.67 bits per heavy atom. The zero-order valence-corrected chi connectivity index (χ0v) is 22.8. The maximum Gasteiger partial charge on any atom is 0.242 e. The van der Waals surface area contributed by atoms with Gasteiger partial charge in [-0.2, -0.15) is 0 Å². The van der Waals surface area contributed by atoms with Crippen molar-refractivity contribution in [2.24, 2.45) is 5.92 Å². The van der Waals surface area contributed by atoms with E-state index >= 15 is 0 Å². The molecule has 0 spiro atoms. The van der Waals surface area contributed by atoms with Gasteiger partial charge in [-0.05, 0) is 48.6 Å². The molecule has 198 valence electrons. The van der Waals surface area contributed by atoms with Crippen LogP contribution in [-0.2, 0) is 26.2 Å². The summed E-state index contributed by atoms with van der Waals surface area (Å²) in [6, 6.07) is 15.7. The van der Waals surface area contributed by atoms with Gasteiger partial charge in [-0.3, -0.25) is 13.9 Å². The molecule has 2 aromatic rings. The molecule has 0 heterocycles. The van der Waals surface area contributed by atoms with Crippen LogP contribution >= 0.6 is 0 Å². The lowest BCUT2D eigenvalue weighted by molar-refractivity contribution is -0.141. The molecule has 0 bridgehead atoms. The highest BCUT2D eigenvalue weighted by Gasteiger charge is 2.28. The lowest BCUT2D eigenvalue weighted by atomic mass is 10.1. The van der Waals surface area contributed by atoms with Gasteiger partial charge < -0.3 is 15.0 Å². The molecule has 0 fully saturated rings. The average molecular weight is 518 g/mol. The first-order valence-corrected chi connectivity index (χ1v) is 14.1. The second-order valence-corrected chi connectivity index (χ2v) is 11.1. The summed E-state index contributed by atoms with van der Waals surface area (Å²) in [7, 11) is -2.01. The minimum absolute atomic E-state index is 0.114. The van der Waals surface area contributed by atoms with Gasteiger partial charge in [0.2, 0.25) is 21.8 Å². The molecule has 0 saturated carbocycles. The van der Waals surface area contributed by atoms with Gasteiger partial charge in [-0.1, -0.05) is 51.1 Å². The maximum atomic E-state index is 13.4. The van der Waals surface area contributed by atoms with E-state index in [0.717, 1.165) is 11.8 Å². The molecule has 0 radical (unpaired) electrons. The van der Waals surface area contributed by atoms with Crippen molar-refractivity contribution in [3.05, 3.63) is 60.2 Å². The third-order valence-corrected chi connectivity index (χ3v) is 6.97. The van der Waals surface area contributed by atoms with Crippen molar-refractivity contribution in [1.82, 2.24) is 10.2 Å². The van der Waals surface area contributed by atoms with E-state index in [-0.39, 0.29) is 24.8 Å². The summed E-state index contributed by atoms with van der Waals surface area (Å²) >= 11 is 0. The molecular formula is C27H39N3O5S. The molecule has 2 aromatic carbocycles. The Hall–Kier alpha value is -3.07. The topological polar surface area (TPSA) is 96.0 Å².